The molecule has 0 bridgehead atoms. The van der Waals surface area contributed by atoms with E-state index in [9.17, 15) is 8.42 Å². The van der Waals surface area contributed by atoms with Gasteiger partial charge in [-0.15, -0.1) is 0 Å². The summed E-state index contributed by atoms with van der Waals surface area (Å²) in [5.41, 5.74) is 0. The van der Waals surface area contributed by atoms with Crippen LogP contribution in [0.2, 0.25) is 5.02 Å². The lowest BCUT2D eigenvalue weighted by molar-refractivity contribution is 0.252. The first-order valence-electron chi connectivity index (χ1n) is 4.70. The minimum Gasteiger partial charge on any atom is -0.494 e. The Morgan fingerprint density at radius 2 is 1.81 bits per heavy atom. The monoisotopic (exact) mass is 264 g/mol. The lowest BCUT2D eigenvalue weighted by atomic mass is 10.3. The van der Waals surface area contributed by atoms with Gasteiger partial charge in [0.1, 0.15) is 5.75 Å². The van der Waals surface area contributed by atoms with Gasteiger partial charge in [-0.2, -0.15) is 8.42 Å². The van der Waals surface area contributed by atoms with E-state index in [1.807, 2.05) is 0 Å². The summed E-state index contributed by atoms with van der Waals surface area (Å²) >= 11 is 5.70. The zero-order valence-electron chi connectivity index (χ0n) is 8.85. The second-order valence-electron chi connectivity index (χ2n) is 3.18. The first kappa shape index (κ1) is 13.3. The molecule has 16 heavy (non-hydrogen) atoms. The van der Waals surface area contributed by atoms with E-state index in [2.05, 4.69) is 4.18 Å². The average molecular weight is 265 g/mol. The molecule has 0 N–H and O–H groups in total. The molecule has 0 unspecified atom stereocenters. The fourth-order valence-electron chi connectivity index (χ4n) is 0.990. The van der Waals surface area contributed by atoms with Crippen molar-refractivity contribution in [3.63, 3.8) is 0 Å². The van der Waals surface area contributed by atoms with Crippen molar-refractivity contribution in [3.05, 3.63) is 29.3 Å². The Morgan fingerprint density at radius 1 is 1.19 bits per heavy atom. The molecule has 1 rings (SSSR count). The molecule has 0 heterocycles. The minimum absolute atomic E-state index is 0.131. The number of halogens is 1. The number of ether oxygens (including phenoxy) is 1. The van der Waals surface area contributed by atoms with Gasteiger partial charge in [0.15, 0.2) is 0 Å². The molecule has 1 aromatic rings. The maximum absolute atomic E-state index is 10.6. The van der Waals surface area contributed by atoms with Gasteiger partial charge in [0, 0.05) is 11.4 Å². The number of rotatable bonds is 6. The molecule has 6 heteroatoms. The molecule has 0 radical (unpaired) electrons. The Hall–Kier alpha value is -0.780. The third-order valence-corrected chi connectivity index (χ3v) is 2.52. The van der Waals surface area contributed by atoms with Crippen molar-refractivity contribution in [2.24, 2.45) is 0 Å². The van der Waals surface area contributed by atoms with E-state index in [1.165, 1.54) is 0 Å². The van der Waals surface area contributed by atoms with Crippen LogP contribution in [0.4, 0.5) is 0 Å². The molecule has 0 aromatic heterocycles. The van der Waals surface area contributed by atoms with Gasteiger partial charge >= 0.3 is 0 Å². The van der Waals surface area contributed by atoms with E-state index < -0.39 is 10.1 Å². The Labute approximate surface area is 100 Å². The van der Waals surface area contributed by atoms with Crippen LogP contribution in [0.3, 0.4) is 0 Å². The summed E-state index contributed by atoms with van der Waals surface area (Å²) in [5.74, 6) is 0.698. The summed E-state index contributed by atoms with van der Waals surface area (Å²) in [6, 6.07) is 6.95. The fraction of sp³-hybridized carbons (Fsp3) is 0.400. The van der Waals surface area contributed by atoms with E-state index in [0.717, 1.165) is 6.26 Å². The van der Waals surface area contributed by atoms with Gasteiger partial charge in [-0.05, 0) is 24.3 Å². The lowest BCUT2D eigenvalue weighted by Gasteiger charge is -2.05. The molecule has 4 nitrogen and oxygen atoms in total. The SMILES string of the molecule is CS(=O)(=O)OCCCOc1ccc(Cl)cc1. The number of hydrogen-bond acceptors (Lipinski definition) is 4. The van der Waals surface area contributed by atoms with Gasteiger partial charge in [0.25, 0.3) is 10.1 Å². The fourth-order valence-corrected chi connectivity index (χ4v) is 1.54. The maximum atomic E-state index is 10.6. The van der Waals surface area contributed by atoms with Crippen molar-refractivity contribution in [2.45, 2.75) is 6.42 Å². The molecule has 0 fully saturated rings. The van der Waals surface area contributed by atoms with Gasteiger partial charge in [-0.3, -0.25) is 4.18 Å². The summed E-state index contributed by atoms with van der Waals surface area (Å²) < 4.78 is 31.1. The molecular formula is C10H13ClO4S. The van der Waals surface area contributed by atoms with E-state index in [1.54, 1.807) is 24.3 Å². The molecule has 0 atom stereocenters. The van der Waals surface area contributed by atoms with E-state index in [4.69, 9.17) is 16.3 Å². The zero-order valence-corrected chi connectivity index (χ0v) is 10.4. The summed E-state index contributed by atoms with van der Waals surface area (Å²) in [6.45, 7) is 0.531. The normalized spacial score (nSPS) is 11.4. The third-order valence-electron chi connectivity index (χ3n) is 1.67. The van der Waals surface area contributed by atoms with Crippen LogP contribution in [-0.4, -0.2) is 27.9 Å². The second kappa shape index (κ2) is 6.08. The Morgan fingerprint density at radius 3 is 2.38 bits per heavy atom. The van der Waals surface area contributed by atoms with Crippen LogP contribution >= 0.6 is 11.6 Å². The molecule has 0 aliphatic rings. The van der Waals surface area contributed by atoms with Crippen LogP contribution in [0.5, 0.6) is 5.75 Å². The predicted molar refractivity (Wildman–Crippen MR) is 62.4 cm³/mol. The largest absolute Gasteiger partial charge is 0.494 e. The first-order valence-corrected chi connectivity index (χ1v) is 6.89. The summed E-state index contributed by atoms with van der Waals surface area (Å²) in [4.78, 5) is 0. The van der Waals surface area contributed by atoms with Gasteiger partial charge < -0.3 is 4.74 Å². The first-order chi connectivity index (χ1) is 7.47. The van der Waals surface area contributed by atoms with Crippen molar-refractivity contribution in [2.75, 3.05) is 19.5 Å². The van der Waals surface area contributed by atoms with Crippen LogP contribution in [0.25, 0.3) is 0 Å². The smallest absolute Gasteiger partial charge is 0.264 e. The second-order valence-corrected chi connectivity index (χ2v) is 5.26. The molecule has 1 aromatic carbocycles. The van der Waals surface area contributed by atoms with Crippen LogP contribution < -0.4 is 4.74 Å². The molecule has 0 aliphatic carbocycles. The minimum atomic E-state index is -3.35. The summed E-state index contributed by atoms with van der Waals surface area (Å²) in [6.07, 6.45) is 1.53. The predicted octanol–water partition coefficient (Wildman–Crippen LogP) is 2.09. The summed E-state index contributed by atoms with van der Waals surface area (Å²) in [5, 5.41) is 0.646. The van der Waals surface area contributed by atoms with Crippen molar-refractivity contribution >= 4 is 21.7 Å². The van der Waals surface area contributed by atoms with Crippen LogP contribution in [0, 0.1) is 0 Å². The van der Waals surface area contributed by atoms with Gasteiger partial charge in [-0.25, -0.2) is 0 Å². The van der Waals surface area contributed by atoms with Crippen molar-refractivity contribution in [1.82, 2.24) is 0 Å². The zero-order chi connectivity index (χ0) is 12.0. The molecular weight excluding hydrogens is 252 g/mol. The number of benzene rings is 1. The Kier molecular flexibility index (Phi) is 5.05. The van der Waals surface area contributed by atoms with E-state index >= 15 is 0 Å². The molecule has 0 spiro atoms. The lowest BCUT2D eigenvalue weighted by Crippen LogP contribution is -2.07. The Balaban J connectivity index is 2.19. The van der Waals surface area contributed by atoms with Crippen LogP contribution in [0.1, 0.15) is 6.42 Å². The van der Waals surface area contributed by atoms with Crippen molar-refractivity contribution < 1.29 is 17.3 Å². The van der Waals surface area contributed by atoms with Crippen LogP contribution in [-0.2, 0) is 14.3 Å². The topological polar surface area (TPSA) is 52.6 Å². The molecule has 0 saturated heterocycles. The number of hydrogen-bond donors (Lipinski definition) is 0. The quantitative estimate of drug-likeness (QED) is 0.583. The summed E-state index contributed by atoms with van der Waals surface area (Å²) in [7, 11) is -3.35. The van der Waals surface area contributed by atoms with E-state index in [-0.39, 0.29) is 6.61 Å². The molecule has 0 amide bonds. The van der Waals surface area contributed by atoms with Crippen molar-refractivity contribution in [1.29, 1.82) is 0 Å². The van der Waals surface area contributed by atoms with Crippen molar-refractivity contribution in [3.8, 4) is 5.75 Å². The highest BCUT2D eigenvalue weighted by Gasteiger charge is 2.00. The third kappa shape index (κ3) is 5.95. The highest BCUT2D eigenvalue weighted by molar-refractivity contribution is 7.85. The highest BCUT2D eigenvalue weighted by Crippen LogP contribution is 2.15. The Bertz CT molecular complexity index is 413. The van der Waals surface area contributed by atoms with E-state index in [0.29, 0.717) is 23.8 Å². The maximum Gasteiger partial charge on any atom is 0.264 e. The molecule has 90 valence electrons. The highest BCUT2D eigenvalue weighted by atomic mass is 35.5. The van der Waals surface area contributed by atoms with Gasteiger partial charge in [0.05, 0.1) is 19.5 Å². The molecule has 0 aliphatic heterocycles. The van der Waals surface area contributed by atoms with Gasteiger partial charge in [-0.1, -0.05) is 11.6 Å². The molecule has 0 saturated carbocycles. The van der Waals surface area contributed by atoms with Gasteiger partial charge in [0.2, 0.25) is 0 Å². The standard InChI is InChI=1S/C10H13ClO4S/c1-16(12,13)15-8-2-7-14-10-5-3-9(11)4-6-10/h3-6H,2,7-8H2,1H3. The average Bonchev–Trinajstić information content (AvgIpc) is 2.19. The van der Waals surface area contributed by atoms with Crippen LogP contribution in [0.15, 0.2) is 24.3 Å².